The average Bonchev–Trinajstić information content (AvgIpc) is 2.99. The normalized spacial score (nSPS) is 10.7. The Morgan fingerprint density at radius 2 is 2.29 bits per heavy atom. The highest BCUT2D eigenvalue weighted by molar-refractivity contribution is 5.87. The number of esters is 1. The van der Waals surface area contributed by atoms with Crippen LogP contribution < -0.4 is 0 Å². The lowest BCUT2D eigenvalue weighted by atomic mass is 10.2. The molecule has 1 heterocycles. The van der Waals surface area contributed by atoms with Gasteiger partial charge in [-0.3, -0.25) is 14.8 Å². The molecule has 0 spiro atoms. The molecule has 0 N–H and O–H groups in total. The number of aromatic nitrogens is 2. The van der Waals surface area contributed by atoms with E-state index < -0.39 is 10.9 Å². The molecule has 0 aliphatic heterocycles. The lowest BCUT2D eigenvalue weighted by molar-refractivity contribution is -0.384. The fourth-order valence-corrected chi connectivity index (χ4v) is 1.63. The molecule has 7 heteroatoms. The molecule has 0 aliphatic carbocycles. The maximum absolute atomic E-state index is 11.5. The third-order valence-electron chi connectivity index (χ3n) is 2.62. The summed E-state index contributed by atoms with van der Waals surface area (Å²) in [4.78, 5) is 21.6. The maximum Gasteiger partial charge on any atom is 0.330 e. The first-order valence-electron chi connectivity index (χ1n) is 6.22. The predicted octanol–water partition coefficient (Wildman–Crippen LogP) is 2.05. The van der Waals surface area contributed by atoms with Crippen molar-refractivity contribution < 1.29 is 14.5 Å². The molecular weight excluding hydrogens is 274 g/mol. The number of nitro groups is 1. The minimum atomic E-state index is -0.506. The summed E-state index contributed by atoms with van der Waals surface area (Å²) in [5, 5.41) is 14.6. The zero-order valence-corrected chi connectivity index (χ0v) is 11.1. The molecule has 108 valence electrons. The number of rotatable bonds is 6. The van der Waals surface area contributed by atoms with Gasteiger partial charge < -0.3 is 4.74 Å². The number of carbonyl (C=O) groups is 1. The standard InChI is InChI=1S/C14H13N3O4/c18-14(21-10-9-16-8-2-7-15-16)6-5-12-3-1-4-13(11-12)17(19)20/h1-8,11H,9-10H2/b6-5+. The van der Waals surface area contributed by atoms with Crippen molar-refractivity contribution in [2.45, 2.75) is 6.54 Å². The second-order valence-corrected chi connectivity index (χ2v) is 4.12. The number of nitrogens with zero attached hydrogens (tertiary/aromatic N) is 3. The molecule has 21 heavy (non-hydrogen) atoms. The van der Waals surface area contributed by atoms with Crippen LogP contribution in [-0.2, 0) is 16.1 Å². The summed E-state index contributed by atoms with van der Waals surface area (Å²) in [7, 11) is 0. The van der Waals surface area contributed by atoms with Crippen LogP contribution >= 0.6 is 0 Å². The number of carbonyl (C=O) groups excluding carboxylic acids is 1. The van der Waals surface area contributed by atoms with Gasteiger partial charge in [0.2, 0.25) is 0 Å². The van der Waals surface area contributed by atoms with Gasteiger partial charge in [-0.2, -0.15) is 5.10 Å². The molecule has 0 radical (unpaired) electrons. The quantitative estimate of drug-likeness (QED) is 0.351. The van der Waals surface area contributed by atoms with Gasteiger partial charge in [0.25, 0.3) is 5.69 Å². The van der Waals surface area contributed by atoms with Crippen LogP contribution in [0.2, 0.25) is 0 Å². The van der Waals surface area contributed by atoms with E-state index >= 15 is 0 Å². The van der Waals surface area contributed by atoms with Crippen LogP contribution in [0.5, 0.6) is 0 Å². The van der Waals surface area contributed by atoms with Crippen LogP contribution in [0.15, 0.2) is 48.8 Å². The third kappa shape index (κ3) is 4.57. The summed E-state index contributed by atoms with van der Waals surface area (Å²) in [5.41, 5.74) is 0.539. The van der Waals surface area contributed by atoms with E-state index in [0.717, 1.165) is 0 Å². The number of ether oxygens (including phenoxy) is 1. The molecule has 7 nitrogen and oxygen atoms in total. The first-order valence-corrected chi connectivity index (χ1v) is 6.22. The highest BCUT2D eigenvalue weighted by atomic mass is 16.6. The number of nitro benzene ring substituents is 1. The Balaban J connectivity index is 1.84. The lowest BCUT2D eigenvalue weighted by Crippen LogP contribution is -2.09. The van der Waals surface area contributed by atoms with Crippen LogP contribution in [0.3, 0.4) is 0 Å². The molecule has 1 aromatic heterocycles. The van der Waals surface area contributed by atoms with Crippen molar-refractivity contribution in [1.29, 1.82) is 0 Å². The Labute approximate surface area is 120 Å². The Morgan fingerprint density at radius 1 is 1.43 bits per heavy atom. The maximum atomic E-state index is 11.5. The van der Waals surface area contributed by atoms with Crippen molar-refractivity contribution in [2.24, 2.45) is 0 Å². The number of hydrogen-bond donors (Lipinski definition) is 0. The summed E-state index contributed by atoms with van der Waals surface area (Å²) in [6, 6.07) is 7.78. The van der Waals surface area contributed by atoms with Crippen molar-refractivity contribution in [3.8, 4) is 0 Å². The molecule has 0 atom stereocenters. The Kier molecular flexibility index (Phi) is 4.81. The van der Waals surface area contributed by atoms with Gasteiger partial charge >= 0.3 is 5.97 Å². The van der Waals surface area contributed by atoms with Gasteiger partial charge in [-0.05, 0) is 17.7 Å². The molecule has 0 amide bonds. The summed E-state index contributed by atoms with van der Waals surface area (Å²) in [5.74, 6) is -0.506. The molecule has 0 fully saturated rings. The zero-order chi connectivity index (χ0) is 15.1. The first kappa shape index (κ1) is 14.4. The van der Waals surface area contributed by atoms with Crippen molar-refractivity contribution >= 4 is 17.7 Å². The number of hydrogen-bond acceptors (Lipinski definition) is 5. The van der Waals surface area contributed by atoms with Gasteiger partial charge in [0.05, 0.1) is 11.5 Å². The minimum Gasteiger partial charge on any atom is -0.461 e. The third-order valence-corrected chi connectivity index (χ3v) is 2.62. The van der Waals surface area contributed by atoms with Crippen molar-refractivity contribution in [3.05, 3.63) is 64.5 Å². The molecule has 1 aromatic carbocycles. The second-order valence-electron chi connectivity index (χ2n) is 4.12. The SMILES string of the molecule is O=C(/C=C/c1cccc([N+](=O)[O-])c1)OCCn1cccn1. The van der Waals surface area contributed by atoms with E-state index in [1.165, 1.54) is 24.3 Å². The summed E-state index contributed by atoms with van der Waals surface area (Å²) in [6.45, 7) is 0.684. The molecule has 0 saturated carbocycles. The monoisotopic (exact) mass is 287 g/mol. The van der Waals surface area contributed by atoms with Crippen molar-refractivity contribution in [1.82, 2.24) is 9.78 Å². The Morgan fingerprint density at radius 3 is 3.00 bits per heavy atom. The summed E-state index contributed by atoms with van der Waals surface area (Å²) >= 11 is 0. The summed E-state index contributed by atoms with van der Waals surface area (Å²) < 4.78 is 6.64. The van der Waals surface area contributed by atoms with E-state index in [1.807, 2.05) is 0 Å². The van der Waals surface area contributed by atoms with Crippen LogP contribution in [0.25, 0.3) is 6.08 Å². The van der Waals surface area contributed by atoms with Gasteiger partial charge in [0.15, 0.2) is 0 Å². The van der Waals surface area contributed by atoms with Crippen LogP contribution in [0, 0.1) is 10.1 Å². The van der Waals surface area contributed by atoms with E-state index in [0.29, 0.717) is 12.1 Å². The number of non-ortho nitro benzene ring substituents is 1. The molecule has 0 bridgehead atoms. The fraction of sp³-hybridized carbons (Fsp3) is 0.143. The first-order chi connectivity index (χ1) is 10.1. The highest BCUT2D eigenvalue weighted by Crippen LogP contribution is 2.14. The largest absolute Gasteiger partial charge is 0.461 e. The van der Waals surface area contributed by atoms with Crippen LogP contribution in [0.4, 0.5) is 5.69 Å². The molecule has 0 saturated heterocycles. The highest BCUT2D eigenvalue weighted by Gasteiger charge is 2.04. The lowest BCUT2D eigenvalue weighted by Gasteiger charge is -2.02. The van der Waals surface area contributed by atoms with E-state index in [9.17, 15) is 14.9 Å². The number of benzene rings is 1. The van der Waals surface area contributed by atoms with Gasteiger partial charge in [-0.25, -0.2) is 4.79 Å². The fourth-order valence-electron chi connectivity index (χ4n) is 1.63. The smallest absolute Gasteiger partial charge is 0.330 e. The molecular formula is C14H13N3O4. The van der Waals surface area contributed by atoms with Crippen LogP contribution in [0.1, 0.15) is 5.56 Å². The van der Waals surface area contributed by atoms with Gasteiger partial charge in [0, 0.05) is 30.6 Å². The Bertz CT molecular complexity index is 650. The second kappa shape index (κ2) is 6.99. The van der Waals surface area contributed by atoms with Crippen LogP contribution in [-0.4, -0.2) is 27.3 Å². The zero-order valence-electron chi connectivity index (χ0n) is 11.1. The topological polar surface area (TPSA) is 87.3 Å². The van der Waals surface area contributed by atoms with Crippen molar-refractivity contribution in [2.75, 3.05) is 6.61 Å². The molecule has 0 unspecified atom stereocenters. The summed E-state index contributed by atoms with van der Waals surface area (Å²) in [6.07, 6.45) is 6.13. The average molecular weight is 287 g/mol. The van der Waals surface area contributed by atoms with Gasteiger partial charge in [0.1, 0.15) is 6.61 Å². The van der Waals surface area contributed by atoms with E-state index in [1.54, 1.807) is 35.3 Å². The molecule has 2 rings (SSSR count). The minimum absolute atomic E-state index is 0.0239. The molecule has 0 aliphatic rings. The van der Waals surface area contributed by atoms with Gasteiger partial charge in [-0.15, -0.1) is 0 Å². The van der Waals surface area contributed by atoms with E-state index in [2.05, 4.69) is 5.10 Å². The van der Waals surface area contributed by atoms with E-state index in [-0.39, 0.29) is 12.3 Å². The van der Waals surface area contributed by atoms with Crippen molar-refractivity contribution in [3.63, 3.8) is 0 Å². The van der Waals surface area contributed by atoms with E-state index in [4.69, 9.17) is 4.74 Å². The Hall–Kier alpha value is -2.96. The molecule has 2 aromatic rings. The predicted molar refractivity (Wildman–Crippen MR) is 75.3 cm³/mol. The van der Waals surface area contributed by atoms with Gasteiger partial charge in [-0.1, -0.05) is 12.1 Å².